The van der Waals surface area contributed by atoms with Gasteiger partial charge in [0.15, 0.2) is 23.1 Å². The summed E-state index contributed by atoms with van der Waals surface area (Å²) in [5.74, 6) is -0.879. The number of ether oxygens (including phenoxy) is 5. The number of fused-ring (bicyclic) bond motifs is 1. The second-order valence-electron chi connectivity index (χ2n) is 10.2. The lowest BCUT2D eigenvalue weighted by molar-refractivity contribution is 0.0492. The fourth-order valence-corrected chi connectivity index (χ4v) is 5.67. The van der Waals surface area contributed by atoms with E-state index in [9.17, 15) is 14.4 Å². The summed E-state index contributed by atoms with van der Waals surface area (Å²) in [5, 5.41) is 3.15. The molecule has 1 aliphatic heterocycles. The molecule has 4 aromatic rings. The van der Waals surface area contributed by atoms with Crippen molar-refractivity contribution in [2.24, 2.45) is 5.92 Å². The van der Waals surface area contributed by atoms with Gasteiger partial charge in [-0.25, -0.2) is 9.18 Å². The molecule has 0 aliphatic carbocycles. The van der Waals surface area contributed by atoms with Gasteiger partial charge in [0.25, 0.3) is 5.91 Å². The molecule has 0 spiro atoms. The van der Waals surface area contributed by atoms with E-state index in [1.807, 2.05) is 0 Å². The molecule has 13 heteroatoms. The summed E-state index contributed by atoms with van der Waals surface area (Å²) in [5.41, 5.74) is -0.253. The minimum Gasteiger partial charge on any atom is -0.493 e. The van der Waals surface area contributed by atoms with E-state index in [0.717, 1.165) is 18.9 Å². The van der Waals surface area contributed by atoms with Gasteiger partial charge in [0.2, 0.25) is 5.43 Å². The fourth-order valence-electron chi connectivity index (χ4n) is 5.06. The number of amides is 1. The minimum atomic E-state index is -0.772. The smallest absolute Gasteiger partial charge is 0.356 e. The van der Waals surface area contributed by atoms with Gasteiger partial charge < -0.3 is 33.6 Å². The van der Waals surface area contributed by atoms with Crippen LogP contribution in [0.15, 0.2) is 58.1 Å². The molecule has 1 saturated heterocycles. The number of carbonyl (C=O) groups excluding carboxylic acids is 2. The molecular formula is C32H31BrFN3O8. The Balaban J connectivity index is 1.40. The van der Waals surface area contributed by atoms with Gasteiger partial charge in [0, 0.05) is 55.4 Å². The number of halogens is 2. The monoisotopic (exact) mass is 683 g/mol. The first-order valence-electron chi connectivity index (χ1n) is 14.2. The van der Waals surface area contributed by atoms with E-state index in [0.29, 0.717) is 47.9 Å². The van der Waals surface area contributed by atoms with E-state index in [-0.39, 0.29) is 39.7 Å². The maximum atomic E-state index is 15.3. The summed E-state index contributed by atoms with van der Waals surface area (Å²) < 4.78 is 43.9. The Morgan fingerprint density at radius 3 is 2.49 bits per heavy atom. The van der Waals surface area contributed by atoms with Gasteiger partial charge in [-0.2, -0.15) is 0 Å². The Hall–Kier alpha value is -4.49. The molecule has 2 aromatic heterocycles. The van der Waals surface area contributed by atoms with Crippen molar-refractivity contribution in [3.8, 4) is 23.0 Å². The van der Waals surface area contributed by atoms with E-state index in [1.165, 1.54) is 38.7 Å². The molecule has 0 saturated carbocycles. The molecule has 11 nitrogen and oxygen atoms in total. The average Bonchev–Trinajstić information content (AvgIpc) is 3.04. The molecule has 1 amide bonds. The maximum absolute atomic E-state index is 15.3. The molecule has 1 N–H and O–H groups in total. The number of anilines is 1. The molecule has 0 unspecified atom stereocenters. The number of rotatable bonds is 10. The van der Waals surface area contributed by atoms with Gasteiger partial charge in [-0.1, -0.05) is 0 Å². The third-order valence-electron chi connectivity index (χ3n) is 7.35. The summed E-state index contributed by atoms with van der Waals surface area (Å²) in [6.07, 6.45) is 4.39. The van der Waals surface area contributed by atoms with E-state index >= 15 is 4.39 Å². The van der Waals surface area contributed by atoms with Gasteiger partial charge >= 0.3 is 5.97 Å². The summed E-state index contributed by atoms with van der Waals surface area (Å²) in [7, 11) is 3.02. The zero-order chi connectivity index (χ0) is 32.1. The van der Waals surface area contributed by atoms with Crippen LogP contribution >= 0.6 is 15.9 Å². The van der Waals surface area contributed by atoms with Crippen molar-refractivity contribution in [1.29, 1.82) is 0 Å². The predicted molar refractivity (Wildman–Crippen MR) is 167 cm³/mol. The largest absolute Gasteiger partial charge is 0.493 e. The van der Waals surface area contributed by atoms with Crippen LogP contribution < -0.4 is 25.0 Å². The number of hydrogen-bond donors (Lipinski definition) is 1. The van der Waals surface area contributed by atoms with Crippen LogP contribution in [0.2, 0.25) is 0 Å². The minimum absolute atomic E-state index is 0.0251. The molecule has 45 heavy (non-hydrogen) atoms. The van der Waals surface area contributed by atoms with E-state index < -0.39 is 23.1 Å². The third-order valence-corrected chi connectivity index (χ3v) is 8.09. The number of benzene rings is 2. The Kier molecular flexibility index (Phi) is 9.99. The first kappa shape index (κ1) is 31.9. The third kappa shape index (κ3) is 6.94. The van der Waals surface area contributed by atoms with Gasteiger partial charge in [0.05, 0.1) is 30.8 Å². The van der Waals surface area contributed by atoms with Crippen molar-refractivity contribution in [1.82, 2.24) is 9.55 Å². The number of esters is 1. The highest BCUT2D eigenvalue weighted by Gasteiger charge is 2.26. The molecule has 0 radical (unpaired) electrons. The van der Waals surface area contributed by atoms with Crippen molar-refractivity contribution in [3.05, 3.63) is 80.6 Å². The standard InChI is InChI=1S/C32H31BrFN3O8/c1-4-44-32(40)29-28(33)30(38)21(17-37(29)16-18-8-11-43-12-9-18)31(39)36-19-5-6-25(22(34)13-19)45-24-7-10-35-23-15-27(42-3)26(41-2)14-20(23)24/h5-7,10,13-15,17-18H,4,8-9,11-12,16H2,1-3H3,(H,36,39). The Morgan fingerprint density at radius 2 is 1.80 bits per heavy atom. The van der Waals surface area contributed by atoms with Crippen LogP contribution in [0.4, 0.5) is 10.1 Å². The Labute approximate surface area is 266 Å². The number of nitrogens with zero attached hydrogens (tertiary/aromatic N) is 2. The number of nitrogens with one attached hydrogen (secondary N) is 1. The molecule has 3 heterocycles. The van der Waals surface area contributed by atoms with E-state index in [2.05, 4.69) is 26.2 Å². The summed E-state index contributed by atoms with van der Waals surface area (Å²) in [4.78, 5) is 43.7. The number of carbonyl (C=O) groups is 2. The van der Waals surface area contributed by atoms with Crippen LogP contribution in [0.3, 0.4) is 0 Å². The van der Waals surface area contributed by atoms with Crippen LogP contribution in [-0.4, -0.2) is 55.5 Å². The van der Waals surface area contributed by atoms with Crippen LogP contribution in [0.25, 0.3) is 10.9 Å². The van der Waals surface area contributed by atoms with Crippen LogP contribution in [0, 0.1) is 11.7 Å². The van der Waals surface area contributed by atoms with Crippen molar-refractivity contribution in [2.75, 3.05) is 39.4 Å². The van der Waals surface area contributed by atoms with Crippen LogP contribution in [0.5, 0.6) is 23.0 Å². The zero-order valence-electron chi connectivity index (χ0n) is 24.9. The predicted octanol–water partition coefficient (Wildman–Crippen LogP) is 5.96. The molecule has 0 atom stereocenters. The molecule has 236 valence electrons. The normalized spacial score (nSPS) is 13.4. The van der Waals surface area contributed by atoms with Crippen LogP contribution in [0.1, 0.15) is 40.6 Å². The zero-order valence-corrected chi connectivity index (χ0v) is 26.4. The molecule has 2 aromatic carbocycles. The highest BCUT2D eigenvalue weighted by Crippen LogP contribution is 2.37. The SMILES string of the molecule is CCOC(=O)c1c(Br)c(=O)c(C(=O)Nc2ccc(Oc3ccnc4cc(OC)c(OC)cc34)c(F)c2)cn1CC1CCOCC1. The number of hydrogen-bond acceptors (Lipinski definition) is 9. The molecule has 0 bridgehead atoms. The quantitative estimate of drug-likeness (QED) is 0.201. The number of aromatic nitrogens is 2. The molecule has 5 rings (SSSR count). The summed E-state index contributed by atoms with van der Waals surface area (Å²) >= 11 is 3.22. The summed E-state index contributed by atoms with van der Waals surface area (Å²) in [6, 6.07) is 8.86. The lowest BCUT2D eigenvalue weighted by Gasteiger charge is -2.25. The Bertz CT molecular complexity index is 1810. The van der Waals surface area contributed by atoms with Gasteiger partial charge in [-0.15, -0.1) is 0 Å². The summed E-state index contributed by atoms with van der Waals surface area (Å²) in [6.45, 7) is 3.32. The topological polar surface area (TPSA) is 127 Å². The second kappa shape index (κ2) is 14.1. The van der Waals surface area contributed by atoms with Gasteiger partial charge in [0.1, 0.15) is 17.0 Å². The van der Waals surface area contributed by atoms with Gasteiger partial charge in [-0.05, 0) is 65.9 Å². The van der Waals surface area contributed by atoms with E-state index in [1.54, 1.807) is 29.7 Å². The lowest BCUT2D eigenvalue weighted by Crippen LogP contribution is -2.30. The van der Waals surface area contributed by atoms with Gasteiger partial charge in [-0.3, -0.25) is 14.6 Å². The molecular weight excluding hydrogens is 653 g/mol. The first-order valence-corrected chi connectivity index (χ1v) is 15.0. The molecule has 1 aliphatic rings. The van der Waals surface area contributed by atoms with Crippen LogP contribution in [-0.2, 0) is 16.0 Å². The van der Waals surface area contributed by atoms with Crippen molar-refractivity contribution in [2.45, 2.75) is 26.3 Å². The van der Waals surface area contributed by atoms with Crippen molar-refractivity contribution < 1.29 is 37.7 Å². The first-order chi connectivity index (χ1) is 21.7. The van der Waals surface area contributed by atoms with E-state index in [4.69, 9.17) is 23.7 Å². The lowest BCUT2D eigenvalue weighted by atomic mass is 10.00. The molecule has 1 fully saturated rings. The fraction of sp³-hybridized carbons (Fsp3) is 0.312. The average molecular weight is 685 g/mol. The second-order valence-corrected chi connectivity index (χ2v) is 11.0. The van der Waals surface area contributed by atoms with Crippen molar-refractivity contribution >= 4 is 44.4 Å². The van der Waals surface area contributed by atoms with Crippen molar-refractivity contribution in [3.63, 3.8) is 0 Å². The maximum Gasteiger partial charge on any atom is 0.356 e. The number of pyridine rings is 2. The highest BCUT2D eigenvalue weighted by molar-refractivity contribution is 9.10. The number of methoxy groups -OCH3 is 2. The highest BCUT2D eigenvalue weighted by atomic mass is 79.9. The Morgan fingerprint density at radius 1 is 1.07 bits per heavy atom.